The fourth-order valence-electron chi connectivity index (χ4n) is 1.42. The fourth-order valence-corrected chi connectivity index (χ4v) is 2.16. The summed E-state index contributed by atoms with van der Waals surface area (Å²) in [4.78, 5) is 11.2. The van der Waals surface area contributed by atoms with E-state index in [0.717, 1.165) is 0 Å². The van der Waals surface area contributed by atoms with Crippen LogP contribution in [-0.4, -0.2) is 18.9 Å². The normalized spacial score (nSPS) is 11.2. The minimum Gasteiger partial charge on any atom is -0.466 e. The van der Waals surface area contributed by atoms with Crippen molar-refractivity contribution in [2.24, 2.45) is 0 Å². The molecule has 0 spiro atoms. The second kappa shape index (κ2) is 6.97. The molecule has 1 aromatic carbocycles. The van der Waals surface area contributed by atoms with Gasteiger partial charge in [-0.25, -0.2) is 0 Å². The molecule has 0 N–H and O–H groups in total. The van der Waals surface area contributed by atoms with E-state index in [4.69, 9.17) is 4.74 Å². The van der Waals surface area contributed by atoms with Gasteiger partial charge in [0.1, 0.15) is 5.75 Å². The van der Waals surface area contributed by atoms with Crippen LogP contribution >= 0.6 is 22.6 Å². The lowest BCUT2D eigenvalue weighted by molar-refractivity contribution is -0.275. The Morgan fingerprint density at radius 2 is 2.05 bits per heavy atom. The molecule has 19 heavy (non-hydrogen) atoms. The van der Waals surface area contributed by atoms with Crippen LogP contribution in [0.4, 0.5) is 13.2 Å². The SMILES string of the molecule is CCOC(=O)CCc1cccc(OC(F)(F)F)c1I. The highest BCUT2D eigenvalue weighted by Gasteiger charge is 2.32. The van der Waals surface area contributed by atoms with Gasteiger partial charge in [0, 0.05) is 6.42 Å². The Morgan fingerprint density at radius 1 is 1.37 bits per heavy atom. The van der Waals surface area contributed by atoms with Crippen molar-refractivity contribution in [1.82, 2.24) is 0 Å². The lowest BCUT2D eigenvalue weighted by Crippen LogP contribution is -2.18. The average Bonchev–Trinajstić information content (AvgIpc) is 2.29. The zero-order valence-corrected chi connectivity index (χ0v) is 12.2. The first-order valence-corrected chi connectivity index (χ1v) is 6.60. The van der Waals surface area contributed by atoms with Crippen molar-refractivity contribution in [3.05, 3.63) is 27.3 Å². The van der Waals surface area contributed by atoms with E-state index in [1.54, 1.807) is 35.6 Å². The summed E-state index contributed by atoms with van der Waals surface area (Å²) in [6.07, 6.45) is -4.29. The predicted molar refractivity (Wildman–Crippen MR) is 70.8 cm³/mol. The molecule has 7 heteroatoms. The molecule has 0 amide bonds. The lowest BCUT2D eigenvalue weighted by atomic mass is 10.1. The Morgan fingerprint density at radius 3 is 2.63 bits per heavy atom. The number of aryl methyl sites for hydroxylation is 1. The molecule has 0 radical (unpaired) electrons. The van der Waals surface area contributed by atoms with Crippen LogP contribution in [0.1, 0.15) is 18.9 Å². The maximum atomic E-state index is 12.2. The maximum Gasteiger partial charge on any atom is 0.573 e. The number of halogens is 4. The summed E-state index contributed by atoms with van der Waals surface area (Å²) in [6.45, 7) is 1.98. The van der Waals surface area contributed by atoms with Crippen molar-refractivity contribution in [2.75, 3.05) is 6.61 Å². The number of carbonyl (C=O) groups is 1. The highest BCUT2D eigenvalue weighted by Crippen LogP contribution is 2.30. The van der Waals surface area contributed by atoms with Crippen LogP contribution < -0.4 is 4.74 Å². The largest absolute Gasteiger partial charge is 0.573 e. The van der Waals surface area contributed by atoms with E-state index in [0.29, 0.717) is 15.6 Å². The molecule has 0 unspecified atom stereocenters. The number of hydrogen-bond donors (Lipinski definition) is 0. The average molecular weight is 388 g/mol. The van der Waals surface area contributed by atoms with Crippen LogP contribution in [0, 0.1) is 3.57 Å². The van der Waals surface area contributed by atoms with Gasteiger partial charge < -0.3 is 9.47 Å². The van der Waals surface area contributed by atoms with Gasteiger partial charge in [-0.1, -0.05) is 12.1 Å². The predicted octanol–water partition coefficient (Wildman–Crippen LogP) is 3.69. The molecule has 0 saturated heterocycles. The van der Waals surface area contributed by atoms with E-state index in [2.05, 4.69) is 4.74 Å². The highest BCUT2D eigenvalue weighted by molar-refractivity contribution is 14.1. The first kappa shape index (κ1) is 16.1. The number of rotatable bonds is 5. The standard InChI is InChI=1S/C12H12F3IO3/c1-2-18-10(17)7-6-8-4-3-5-9(11(8)16)19-12(13,14)15/h3-5H,2,6-7H2,1H3. The molecule has 0 aliphatic carbocycles. The molecule has 0 aromatic heterocycles. The molecular formula is C12H12F3IO3. The van der Waals surface area contributed by atoms with E-state index in [-0.39, 0.29) is 24.7 Å². The van der Waals surface area contributed by atoms with Crippen LogP contribution in [0.3, 0.4) is 0 Å². The van der Waals surface area contributed by atoms with Crippen LogP contribution in [0.2, 0.25) is 0 Å². The Kier molecular flexibility index (Phi) is 5.89. The first-order valence-electron chi connectivity index (χ1n) is 5.52. The molecule has 0 fully saturated rings. The number of alkyl halides is 3. The highest BCUT2D eigenvalue weighted by atomic mass is 127. The maximum absolute atomic E-state index is 12.2. The third-order valence-corrected chi connectivity index (χ3v) is 3.40. The smallest absolute Gasteiger partial charge is 0.466 e. The molecule has 0 saturated carbocycles. The molecule has 0 heterocycles. The first-order chi connectivity index (χ1) is 8.83. The zero-order chi connectivity index (χ0) is 14.5. The molecule has 1 rings (SSSR count). The van der Waals surface area contributed by atoms with E-state index in [1.165, 1.54) is 12.1 Å². The summed E-state index contributed by atoms with van der Waals surface area (Å²) in [5.74, 6) is -0.630. The summed E-state index contributed by atoms with van der Waals surface area (Å²) < 4.78 is 45.5. The van der Waals surface area contributed by atoms with E-state index in [9.17, 15) is 18.0 Å². The van der Waals surface area contributed by atoms with Crippen molar-refractivity contribution in [1.29, 1.82) is 0 Å². The molecule has 0 bridgehead atoms. The molecular weight excluding hydrogens is 376 g/mol. The molecule has 3 nitrogen and oxygen atoms in total. The van der Waals surface area contributed by atoms with Gasteiger partial charge in [0.25, 0.3) is 0 Å². The quantitative estimate of drug-likeness (QED) is 0.570. The van der Waals surface area contributed by atoms with Crippen LogP contribution in [0.15, 0.2) is 18.2 Å². The lowest BCUT2D eigenvalue weighted by Gasteiger charge is -2.13. The van der Waals surface area contributed by atoms with Gasteiger partial charge in [0.05, 0.1) is 10.2 Å². The van der Waals surface area contributed by atoms with Crippen LogP contribution in [0.5, 0.6) is 5.75 Å². The van der Waals surface area contributed by atoms with Gasteiger partial charge in [-0.3, -0.25) is 4.79 Å². The summed E-state index contributed by atoms with van der Waals surface area (Å²) in [5, 5.41) is 0. The summed E-state index contributed by atoms with van der Waals surface area (Å²) >= 11 is 1.77. The van der Waals surface area contributed by atoms with Crippen molar-refractivity contribution in [2.45, 2.75) is 26.1 Å². The van der Waals surface area contributed by atoms with Crippen molar-refractivity contribution < 1.29 is 27.4 Å². The molecule has 0 aliphatic heterocycles. The topological polar surface area (TPSA) is 35.5 Å². The monoisotopic (exact) mass is 388 g/mol. The second-order valence-corrected chi connectivity index (χ2v) is 4.66. The van der Waals surface area contributed by atoms with Gasteiger partial charge in [0.15, 0.2) is 0 Å². The number of esters is 1. The minimum atomic E-state index is -4.72. The third-order valence-electron chi connectivity index (χ3n) is 2.17. The van der Waals surface area contributed by atoms with Crippen LogP contribution in [-0.2, 0) is 16.0 Å². The number of ether oxygens (including phenoxy) is 2. The molecule has 0 aliphatic rings. The summed E-state index contributed by atoms with van der Waals surface area (Å²) in [7, 11) is 0. The zero-order valence-electron chi connectivity index (χ0n) is 10.1. The molecule has 1 aromatic rings. The van der Waals surface area contributed by atoms with E-state index in [1.807, 2.05) is 0 Å². The van der Waals surface area contributed by atoms with Crippen LogP contribution in [0.25, 0.3) is 0 Å². The van der Waals surface area contributed by atoms with Gasteiger partial charge in [-0.15, -0.1) is 13.2 Å². The van der Waals surface area contributed by atoms with Gasteiger partial charge in [-0.2, -0.15) is 0 Å². The van der Waals surface area contributed by atoms with Crippen molar-refractivity contribution >= 4 is 28.6 Å². The number of carbonyl (C=O) groups excluding carboxylic acids is 1. The summed E-state index contributed by atoms with van der Waals surface area (Å²) in [6, 6.07) is 4.36. The Bertz CT molecular complexity index is 446. The van der Waals surface area contributed by atoms with Crippen molar-refractivity contribution in [3.8, 4) is 5.75 Å². The second-order valence-electron chi connectivity index (χ2n) is 3.58. The Balaban J connectivity index is 2.75. The van der Waals surface area contributed by atoms with E-state index < -0.39 is 6.36 Å². The van der Waals surface area contributed by atoms with Gasteiger partial charge in [0.2, 0.25) is 0 Å². The summed E-state index contributed by atoms with van der Waals surface area (Å²) in [5.41, 5.74) is 0.621. The van der Waals surface area contributed by atoms with Gasteiger partial charge in [-0.05, 0) is 47.6 Å². The van der Waals surface area contributed by atoms with Crippen molar-refractivity contribution in [3.63, 3.8) is 0 Å². The van der Waals surface area contributed by atoms with E-state index >= 15 is 0 Å². The molecule has 106 valence electrons. The number of benzene rings is 1. The minimum absolute atomic E-state index is 0.124. The fraction of sp³-hybridized carbons (Fsp3) is 0.417. The Labute approximate surface area is 122 Å². The van der Waals surface area contributed by atoms with Gasteiger partial charge >= 0.3 is 12.3 Å². The third kappa shape index (κ3) is 5.66. The number of hydrogen-bond acceptors (Lipinski definition) is 3. The Hall–Kier alpha value is -0.990. The molecule has 0 atom stereocenters.